The summed E-state index contributed by atoms with van der Waals surface area (Å²) in [5, 5.41) is 4.77. The van der Waals surface area contributed by atoms with Crippen LogP contribution in [0.5, 0.6) is 0 Å². The molecule has 1 heterocycles. The molecule has 3 aromatic carbocycles. The minimum Gasteiger partial charge on any atom is -0.320 e. The maximum absolute atomic E-state index is 12.8. The Kier molecular flexibility index (Phi) is 5.30. The molecule has 0 saturated carbocycles. The Bertz CT molecular complexity index is 1190. The van der Waals surface area contributed by atoms with Gasteiger partial charge in [-0.15, -0.1) is 11.3 Å². The van der Waals surface area contributed by atoms with Crippen molar-refractivity contribution < 1.29 is 4.79 Å². The van der Waals surface area contributed by atoms with E-state index < -0.39 is 0 Å². The standard InChI is InChI=1S/C21H13Cl3N2OS/c1-11-6-7-13(15(23)8-11)20(27)26-19-14(9-12(22)10-16(19)24)21-25-17-4-2-3-5-18(17)28-21/h2-10H,1H3,(H,26,27). The predicted molar refractivity (Wildman–Crippen MR) is 119 cm³/mol. The summed E-state index contributed by atoms with van der Waals surface area (Å²) in [6, 6.07) is 16.4. The number of fused-ring (bicyclic) bond motifs is 1. The number of halogens is 3. The molecular formula is C21H13Cl3N2OS. The van der Waals surface area contributed by atoms with Crippen molar-refractivity contribution in [3.05, 3.63) is 80.8 Å². The first-order chi connectivity index (χ1) is 13.4. The van der Waals surface area contributed by atoms with Crippen molar-refractivity contribution in [1.82, 2.24) is 4.98 Å². The zero-order chi connectivity index (χ0) is 19.8. The van der Waals surface area contributed by atoms with Gasteiger partial charge in [0.05, 0.1) is 31.5 Å². The average molecular weight is 448 g/mol. The number of aryl methyl sites for hydroxylation is 1. The molecule has 140 valence electrons. The second-order valence-corrected chi connectivity index (χ2v) is 8.52. The van der Waals surface area contributed by atoms with Crippen LogP contribution in [0.3, 0.4) is 0 Å². The summed E-state index contributed by atoms with van der Waals surface area (Å²) < 4.78 is 1.03. The van der Waals surface area contributed by atoms with Crippen LogP contribution in [0, 0.1) is 6.92 Å². The number of hydrogen-bond donors (Lipinski definition) is 1. The molecule has 28 heavy (non-hydrogen) atoms. The summed E-state index contributed by atoms with van der Waals surface area (Å²) >= 11 is 20.4. The summed E-state index contributed by atoms with van der Waals surface area (Å²) in [4.78, 5) is 17.5. The van der Waals surface area contributed by atoms with Gasteiger partial charge in [0.2, 0.25) is 0 Å². The number of nitrogens with zero attached hydrogens (tertiary/aromatic N) is 1. The number of anilines is 1. The average Bonchev–Trinajstić information content (AvgIpc) is 3.07. The van der Waals surface area contributed by atoms with Crippen LogP contribution in [-0.4, -0.2) is 10.9 Å². The van der Waals surface area contributed by atoms with Gasteiger partial charge in [-0.3, -0.25) is 4.79 Å². The lowest BCUT2D eigenvalue weighted by molar-refractivity contribution is 0.102. The highest BCUT2D eigenvalue weighted by atomic mass is 35.5. The molecule has 0 atom stereocenters. The van der Waals surface area contributed by atoms with Crippen LogP contribution in [0.2, 0.25) is 15.1 Å². The molecule has 3 nitrogen and oxygen atoms in total. The Morgan fingerprint density at radius 3 is 2.54 bits per heavy atom. The SMILES string of the molecule is Cc1ccc(C(=O)Nc2c(Cl)cc(Cl)cc2-c2nc3ccccc3s2)c(Cl)c1. The lowest BCUT2D eigenvalue weighted by Crippen LogP contribution is -2.13. The van der Waals surface area contributed by atoms with E-state index in [9.17, 15) is 4.79 Å². The zero-order valence-corrected chi connectivity index (χ0v) is 17.7. The molecule has 4 rings (SSSR count). The van der Waals surface area contributed by atoms with E-state index in [1.165, 1.54) is 11.3 Å². The van der Waals surface area contributed by atoms with Gasteiger partial charge in [-0.25, -0.2) is 4.98 Å². The predicted octanol–water partition coefficient (Wildman–Crippen LogP) is 7.48. The number of carbonyl (C=O) groups excluding carboxylic acids is 1. The Hall–Kier alpha value is -2.11. The van der Waals surface area contributed by atoms with Gasteiger partial charge >= 0.3 is 0 Å². The van der Waals surface area contributed by atoms with Crippen molar-refractivity contribution in [2.75, 3.05) is 5.32 Å². The Balaban J connectivity index is 1.79. The molecule has 0 unspecified atom stereocenters. The number of aromatic nitrogens is 1. The van der Waals surface area contributed by atoms with Crippen LogP contribution < -0.4 is 5.32 Å². The summed E-state index contributed by atoms with van der Waals surface area (Å²) in [6.07, 6.45) is 0. The molecule has 0 fully saturated rings. The highest BCUT2D eigenvalue weighted by molar-refractivity contribution is 7.21. The Labute approximate surface area is 180 Å². The minimum absolute atomic E-state index is 0.332. The monoisotopic (exact) mass is 446 g/mol. The van der Waals surface area contributed by atoms with Crippen molar-refractivity contribution >= 4 is 68.0 Å². The number of para-hydroxylation sites is 1. The molecule has 0 aliphatic rings. The molecule has 1 aromatic heterocycles. The van der Waals surface area contributed by atoms with Gasteiger partial charge in [0.15, 0.2) is 0 Å². The molecule has 0 aliphatic carbocycles. The van der Waals surface area contributed by atoms with E-state index >= 15 is 0 Å². The maximum atomic E-state index is 12.8. The molecule has 1 amide bonds. The van der Waals surface area contributed by atoms with E-state index in [0.29, 0.717) is 31.9 Å². The van der Waals surface area contributed by atoms with Crippen molar-refractivity contribution in [3.63, 3.8) is 0 Å². The van der Waals surface area contributed by atoms with Gasteiger partial charge in [0.1, 0.15) is 5.01 Å². The molecule has 1 N–H and O–H groups in total. The number of rotatable bonds is 3. The number of thiazole rings is 1. The first-order valence-electron chi connectivity index (χ1n) is 8.35. The summed E-state index contributed by atoms with van der Waals surface area (Å²) in [5.74, 6) is -0.350. The van der Waals surface area contributed by atoms with E-state index in [1.54, 1.807) is 24.3 Å². The van der Waals surface area contributed by atoms with Crippen LogP contribution >= 0.6 is 46.1 Å². The fraction of sp³-hybridized carbons (Fsp3) is 0.0476. The maximum Gasteiger partial charge on any atom is 0.257 e. The molecule has 0 radical (unpaired) electrons. The van der Waals surface area contributed by atoms with Crippen molar-refractivity contribution in [1.29, 1.82) is 0 Å². The van der Waals surface area contributed by atoms with E-state index in [-0.39, 0.29) is 5.91 Å². The van der Waals surface area contributed by atoms with Crippen LogP contribution in [-0.2, 0) is 0 Å². The quantitative estimate of drug-likeness (QED) is 0.353. The number of carbonyl (C=O) groups is 1. The first-order valence-corrected chi connectivity index (χ1v) is 10.3. The summed E-state index contributed by atoms with van der Waals surface area (Å²) in [6.45, 7) is 1.91. The third-order valence-electron chi connectivity index (χ3n) is 4.19. The molecule has 0 aliphatic heterocycles. The molecule has 7 heteroatoms. The van der Waals surface area contributed by atoms with Gasteiger partial charge in [0.25, 0.3) is 5.91 Å². The number of nitrogens with one attached hydrogen (secondary N) is 1. The highest BCUT2D eigenvalue weighted by Gasteiger charge is 2.19. The van der Waals surface area contributed by atoms with E-state index in [4.69, 9.17) is 34.8 Å². The van der Waals surface area contributed by atoms with Crippen molar-refractivity contribution in [2.24, 2.45) is 0 Å². The first kappa shape index (κ1) is 19.2. The summed E-state index contributed by atoms with van der Waals surface area (Å²) in [5.41, 5.74) is 3.33. The fourth-order valence-corrected chi connectivity index (χ4v) is 4.69. The van der Waals surface area contributed by atoms with Crippen molar-refractivity contribution in [2.45, 2.75) is 6.92 Å². The van der Waals surface area contributed by atoms with Crippen LogP contribution in [0.25, 0.3) is 20.8 Å². The largest absolute Gasteiger partial charge is 0.320 e. The third-order valence-corrected chi connectivity index (χ3v) is 6.09. The van der Waals surface area contributed by atoms with Gasteiger partial charge in [-0.05, 0) is 48.9 Å². The van der Waals surface area contributed by atoms with E-state index in [0.717, 1.165) is 20.8 Å². The molecule has 0 spiro atoms. The molecule has 4 aromatic rings. The third kappa shape index (κ3) is 3.74. The summed E-state index contributed by atoms with van der Waals surface area (Å²) in [7, 11) is 0. The smallest absolute Gasteiger partial charge is 0.257 e. The lowest BCUT2D eigenvalue weighted by atomic mass is 10.1. The zero-order valence-electron chi connectivity index (χ0n) is 14.6. The molecule has 0 saturated heterocycles. The van der Waals surface area contributed by atoms with Gasteiger partial charge < -0.3 is 5.32 Å². The van der Waals surface area contributed by atoms with Crippen LogP contribution in [0.4, 0.5) is 5.69 Å². The second-order valence-electron chi connectivity index (χ2n) is 6.23. The Morgan fingerprint density at radius 2 is 1.79 bits per heavy atom. The second kappa shape index (κ2) is 7.72. The number of benzene rings is 3. The van der Waals surface area contributed by atoms with Crippen LogP contribution in [0.15, 0.2) is 54.6 Å². The molecular weight excluding hydrogens is 435 g/mol. The number of hydrogen-bond acceptors (Lipinski definition) is 3. The van der Waals surface area contributed by atoms with Crippen LogP contribution in [0.1, 0.15) is 15.9 Å². The van der Waals surface area contributed by atoms with E-state index in [1.807, 2.05) is 37.3 Å². The number of amides is 1. The van der Waals surface area contributed by atoms with Gasteiger partial charge in [0, 0.05) is 10.6 Å². The van der Waals surface area contributed by atoms with Gasteiger partial charge in [-0.2, -0.15) is 0 Å². The highest BCUT2D eigenvalue weighted by Crippen LogP contribution is 2.40. The van der Waals surface area contributed by atoms with E-state index in [2.05, 4.69) is 10.3 Å². The van der Waals surface area contributed by atoms with Gasteiger partial charge in [-0.1, -0.05) is 53.0 Å². The fourth-order valence-electron chi connectivity index (χ4n) is 2.84. The topological polar surface area (TPSA) is 42.0 Å². The lowest BCUT2D eigenvalue weighted by Gasteiger charge is -2.13. The van der Waals surface area contributed by atoms with Crippen molar-refractivity contribution in [3.8, 4) is 10.6 Å². The Morgan fingerprint density at radius 1 is 1.00 bits per heavy atom. The minimum atomic E-state index is -0.350. The molecule has 0 bridgehead atoms. The normalized spacial score (nSPS) is 11.0.